The van der Waals surface area contributed by atoms with Crippen molar-refractivity contribution in [3.63, 3.8) is 0 Å². The van der Waals surface area contributed by atoms with Gasteiger partial charge in [0.1, 0.15) is 5.82 Å². The predicted molar refractivity (Wildman–Crippen MR) is 80.9 cm³/mol. The molecular formula is C17H16N2. The van der Waals surface area contributed by atoms with Gasteiger partial charge in [0.05, 0.1) is 11.0 Å². The topological polar surface area (TPSA) is 28.7 Å². The molecule has 3 aromatic rings. The fourth-order valence-electron chi connectivity index (χ4n) is 2.09. The Morgan fingerprint density at radius 1 is 0.947 bits per heavy atom. The van der Waals surface area contributed by atoms with Gasteiger partial charge in [0.2, 0.25) is 0 Å². The molecule has 0 fully saturated rings. The van der Waals surface area contributed by atoms with E-state index in [0.29, 0.717) is 0 Å². The zero-order valence-electron chi connectivity index (χ0n) is 11.1. The lowest BCUT2D eigenvalue weighted by atomic mass is 10.1. The molecule has 0 aliphatic carbocycles. The number of nitrogens with zero attached hydrogens (tertiary/aromatic N) is 1. The summed E-state index contributed by atoms with van der Waals surface area (Å²) < 4.78 is 0. The number of nitrogens with one attached hydrogen (secondary N) is 1. The van der Waals surface area contributed by atoms with Gasteiger partial charge in [-0.25, -0.2) is 4.98 Å². The standard InChI is InChI=1S/C17H16N2/c1-12-7-8-14(11-13(12)2)9-10-17-18-15-5-3-4-6-16(15)19-17/h3-11H,1-2H3,(H,18,19)/b10-9+. The molecule has 2 aromatic carbocycles. The smallest absolute Gasteiger partial charge is 0.131 e. The highest BCUT2D eigenvalue weighted by Gasteiger charge is 1.98. The number of hydrogen-bond donors (Lipinski definition) is 1. The fourth-order valence-corrected chi connectivity index (χ4v) is 2.09. The minimum atomic E-state index is 0.888. The Bertz CT molecular complexity index is 718. The first-order valence-corrected chi connectivity index (χ1v) is 6.42. The summed E-state index contributed by atoms with van der Waals surface area (Å²) in [4.78, 5) is 7.82. The summed E-state index contributed by atoms with van der Waals surface area (Å²) in [5.41, 5.74) is 5.90. The zero-order chi connectivity index (χ0) is 13.2. The molecule has 0 saturated carbocycles. The van der Waals surface area contributed by atoms with Gasteiger partial charge in [0.15, 0.2) is 0 Å². The number of H-pyrrole nitrogens is 1. The summed E-state index contributed by atoms with van der Waals surface area (Å²) >= 11 is 0. The van der Waals surface area contributed by atoms with Crippen LogP contribution >= 0.6 is 0 Å². The van der Waals surface area contributed by atoms with Gasteiger partial charge in [-0.15, -0.1) is 0 Å². The van der Waals surface area contributed by atoms with E-state index in [4.69, 9.17) is 0 Å². The summed E-state index contributed by atoms with van der Waals surface area (Å²) in [5.74, 6) is 0.888. The minimum Gasteiger partial charge on any atom is -0.338 e. The van der Waals surface area contributed by atoms with Gasteiger partial charge >= 0.3 is 0 Å². The number of hydrogen-bond acceptors (Lipinski definition) is 1. The molecule has 0 atom stereocenters. The first-order valence-electron chi connectivity index (χ1n) is 6.42. The molecule has 0 unspecified atom stereocenters. The fraction of sp³-hybridized carbons (Fsp3) is 0.118. The highest BCUT2D eigenvalue weighted by Crippen LogP contribution is 2.14. The largest absolute Gasteiger partial charge is 0.338 e. The van der Waals surface area contributed by atoms with Crippen LogP contribution in [0, 0.1) is 13.8 Å². The maximum Gasteiger partial charge on any atom is 0.131 e. The molecule has 0 spiro atoms. The molecule has 1 aromatic heterocycles. The van der Waals surface area contributed by atoms with Gasteiger partial charge in [0.25, 0.3) is 0 Å². The Labute approximate surface area is 112 Å². The number of fused-ring (bicyclic) bond motifs is 1. The first-order chi connectivity index (χ1) is 9.22. The van der Waals surface area contributed by atoms with Crippen LogP contribution in [-0.2, 0) is 0 Å². The van der Waals surface area contributed by atoms with Gasteiger partial charge in [-0.1, -0.05) is 36.4 Å². The number of para-hydroxylation sites is 2. The van der Waals surface area contributed by atoms with Crippen molar-refractivity contribution in [2.75, 3.05) is 0 Å². The number of aromatic nitrogens is 2. The van der Waals surface area contributed by atoms with E-state index >= 15 is 0 Å². The maximum atomic E-state index is 4.53. The van der Waals surface area contributed by atoms with Gasteiger partial charge in [-0.05, 0) is 48.7 Å². The molecule has 0 aliphatic rings. The average molecular weight is 248 g/mol. The maximum absolute atomic E-state index is 4.53. The van der Waals surface area contributed by atoms with Crippen molar-refractivity contribution in [3.8, 4) is 0 Å². The van der Waals surface area contributed by atoms with Crippen LogP contribution in [0.2, 0.25) is 0 Å². The Morgan fingerprint density at radius 3 is 2.58 bits per heavy atom. The second kappa shape index (κ2) is 4.73. The van der Waals surface area contributed by atoms with Crippen LogP contribution in [0.1, 0.15) is 22.5 Å². The lowest BCUT2D eigenvalue weighted by Gasteiger charge is -2.00. The second-order valence-corrected chi connectivity index (χ2v) is 4.82. The SMILES string of the molecule is Cc1ccc(/C=C/c2nc3ccccc3[nH]2)cc1C. The van der Waals surface area contributed by atoms with E-state index in [-0.39, 0.29) is 0 Å². The lowest BCUT2D eigenvalue weighted by Crippen LogP contribution is -1.81. The van der Waals surface area contributed by atoms with Crippen molar-refractivity contribution >= 4 is 23.2 Å². The molecule has 19 heavy (non-hydrogen) atoms. The van der Waals surface area contributed by atoms with Crippen molar-refractivity contribution in [2.45, 2.75) is 13.8 Å². The van der Waals surface area contributed by atoms with E-state index < -0.39 is 0 Å². The molecule has 0 saturated heterocycles. The molecule has 94 valence electrons. The lowest BCUT2D eigenvalue weighted by molar-refractivity contribution is 1.29. The summed E-state index contributed by atoms with van der Waals surface area (Å²) in [5, 5.41) is 0. The number of benzene rings is 2. The molecule has 2 nitrogen and oxygen atoms in total. The Kier molecular flexibility index (Phi) is 2.92. The van der Waals surface area contributed by atoms with Crippen LogP contribution in [0.15, 0.2) is 42.5 Å². The van der Waals surface area contributed by atoms with Gasteiger partial charge in [-0.3, -0.25) is 0 Å². The molecule has 0 amide bonds. The van der Waals surface area contributed by atoms with E-state index in [2.05, 4.69) is 48.1 Å². The molecule has 1 heterocycles. The van der Waals surface area contributed by atoms with Crippen molar-refractivity contribution in [1.82, 2.24) is 9.97 Å². The predicted octanol–water partition coefficient (Wildman–Crippen LogP) is 4.35. The van der Waals surface area contributed by atoms with E-state index in [1.54, 1.807) is 0 Å². The van der Waals surface area contributed by atoms with Gasteiger partial charge in [-0.2, -0.15) is 0 Å². The molecule has 2 heteroatoms. The average Bonchev–Trinajstić information content (AvgIpc) is 2.83. The van der Waals surface area contributed by atoms with Crippen LogP contribution in [0.25, 0.3) is 23.2 Å². The summed E-state index contributed by atoms with van der Waals surface area (Å²) in [6.45, 7) is 4.26. The van der Waals surface area contributed by atoms with Crippen LogP contribution in [-0.4, -0.2) is 9.97 Å². The van der Waals surface area contributed by atoms with E-state index in [1.807, 2.05) is 30.3 Å². The van der Waals surface area contributed by atoms with Crippen LogP contribution in [0.5, 0.6) is 0 Å². The number of imidazole rings is 1. The summed E-state index contributed by atoms with van der Waals surface area (Å²) in [6.07, 6.45) is 4.11. The third-order valence-electron chi connectivity index (χ3n) is 3.37. The third-order valence-corrected chi connectivity index (χ3v) is 3.37. The van der Waals surface area contributed by atoms with Crippen molar-refractivity contribution in [1.29, 1.82) is 0 Å². The summed E-state index contributed by atoms with van der Waals surface area (Å²) in [7, 11) is 0. The first kappa shape index (κ1) is 11.7. The minimum absolute atomic E-state index is 0.888. The zero-order valence-corrected chi connectivity index (χ0v) is 11.1. The van der Waals surface area contributed by atoms with Crippen LogP contribution in [0.3, 0.4) is 0 Å². The molecular weight excluding hydrogens is 232 g/mol. The number of aromatic amines is 1. The highest BCUT2D eigenvalue weighted by molar-refractivity contribution is 5.78. The second-order valence-electron chi connectivity index (χ2n) is 4.82. The Hall–Kier alpha value is -2.35. The molecule has 3 rings (SSSR count). The van der Waals surface area contributed by atoms with E-state index in [0.717, 1.165) is 16.9 Å². The van der Waals surface area contributed by atoms with E-state index in [9.17, 15) is 0 Å². The quantitative estimate of drug-likeness (QED) is 0.717. The molecule has 0 bridgehead atoms. The van der Waals surface area contributed by atoms with Gasteiger partial charge in [0, 0.05) is 0 Å². The highest BCUT2D eigenvalue weighted by atomic mass is 14.9. The Morgan fingerprint density at radius 2 is 1.79 bits per heavy atom. The molecule has 1 N–H and O–H groups in total. The van der Waals surface area contributed by atoms with Crippen molar-refractivity contribution in [2.24, 2.45) is 0 Å². The molecule has 0 aliphatic heterocycles. The third kappa shape index (κ3) is 2.43. The van der Waals surface area contributed by atoms with Crippen LogP contribution < -0.4 is 0 Å². The normalized spacial score (nSPS) is 11.5. The van der Waals surface area contributed by atoms with Crippen LogP contribution in [0.4, 0.5) is 0 Å². The van der Waals surface area contributed by atoms with Crippen molar-refractivity contribution in [3.05, 3.63) is 65.0 Å². The Balaban J connectivity index is 1.91. The molecule has 0 radical (unpaired) electrons. The van der Waals surface area contributed by atoms with E-state index in [1.165, 1.54) is 16.7 Å². The van der Waals surface area contributed by atoms with Gasteiger partial charge < -0.3 is 4.98 Å². The number of rotatable bonds is 2. The monoisotopic (exact) mass is 248 g/mol. The number of aryl methyl sites for hydroxylation is 2. The van der Waals surface area contributed by atoms with Crippen molar-refractivity contribution < 1.29 is 0 Å². The summed E-state index contributed by atoms with van der Waals surface area (Å²) in [6, 6.07) is 14.5.